The second kappa shape index (κ2) is 7.17. The van der Waals surface area contributed by atoms with Crippen molar-refractivity contribution in [3.8, 4) is 11.5 Å². The second-order valence-electron chi connectivity index (χ2n) is 4.19. The Balaban J connectivity index is 2.86. The summed E-state index contributed by atoms with van der Waals surface area (Å²) < 4.78 is 11.3. The molecule has 1 aromatic carbocycles. The van der Waals surface area contributed by atoms with Gasteiger partial charge in [0.1, 0.15) is 0 Å². The van der Waals surface area contributed by atoms with Gasteiger partial charge in [-0.25, -0.2) is 0 Å². The Bertz CT molecular complexity index is 337. The minimum absolute atomic E-state index is 0.0131. The van der Waals surface area contributed by atoms with Gasteiger partial charge in [0.25, 0.3) is 0 Å². The van der Waals surface area contributed by atoms with Crippen LogP contribution in [0.4, 0.5) is 0 Å². The number of nitrogens with two attached hydrogens (primary N) is 1. The van der Waals surface area contributed by atoms with Crippen molar-refractivity contribution in [1.29, 1.82) is 0 Å². The zero-order valence-electron chi connectivity index (χ0n) is 11.0. The summed E-state index contributed by atoms with van der Waals surface area (Å²) in [6, 6.07) is 5.93. The summed E-state index contributed by atoms with van der Waals surface area (Å²) in [5.74, 6) is 1.61. The Morgan fingerprint density at radius 3 is 2.18 bits per heavy atom. The van der Waals surface area contributed by atoms with E-state index >= 15 is 0 Å². The maximum absolute atomic E-state index is 5.87. The number of ether oxygens (including phenoxy) is 2. The molecule has 0 heterocycles. The van der Waals surface area contributed by atoms with Crippen molar-refractivity contribution in [3.63, 3.8) is 0 Å². The number of benzene rings is 1. The molecule has 0 aliphatic heterocycles. The van der Waals surface area contributed by atoms with Crippen molar-refractivity contribution in [2.24, 2.45) is 5.73 Å². The van der Waals surface area contributed by atoms with Crippen LogP contribution in [-0.4, -0.2) is 13.2 Å². The van der Waals surface area contributed by atoms with E-state index in [1.54, 1.807) is 0 Å². The molecular weight excluding hydrogens is 214 g/mol. The van der Waals surface area contributed by atoms with Crippen molar-refractivity contribution in [1.82, 2.24) is 0 Å². The van der Waals surface area contributed by atoms with Crippen molar-refractivity contribution >= 4 is 0 Å². The predicted octanol–water partition coefficient (Wildman–Crippen LogP) is 3.28. The van der Waals surface area contributed by atoms with Gasteiger partial charge < -0.3 is 15.2 Å². The van der Waals surface area contributed by atoms with E-state index in [1.807, 2.05) is 25.1 Å². The molecule has 0 saturated heterocycles. The minimum Gasteiger partial charge on any atom is -0.490 e. The molecular formula is C14H23NO2. The topological polar surface area (TPSA) is 44.5 Å². The molecule has 1 atom stereocenters. The standard InChI is InChI=1S/C14H23NO2/c1-4-8-16-13-7-6-12(11(3)15)10-14(13)17-9-5-2/h6-7,10-11H,4-5,8-9,15H2,1-3H3/t11-/m1/s1. The van der Waals surface area contributed by atoms with Gasteiger partial charge in [0.05, 0.1) is 13.2 Å². The average molecular weight is 237 g/mol. The summed E-state index contributed by atoms with van der Waals surface area (Å²) in [7, 11) is 0. The summed E-state index contributed by atoms with van der Waals surface area (Å²) in [5.41, 5.74) is 6.93. The van der Waals surface area contributed by atoms with Crippen LogP contribution in [0.3, 0.4) is 0 Å². The van der Waals surface area contributed by atoms with Crippen LogP contribution in [0.2, 0.25) is 0 Å². The third-order valence-corrected chi connectivity index (χ3v) is 2.42. The Morgan fingerprint density at radius 1 is 1.06 bits per heavy atom. The summed E-state index contributed by atoms with van der Waals surface area (Å²) in [6.07, 6.45) is 1.97. The van der Waals surface area contributed by atoms with Gasteiger partial charge in [-0.15, -0.1) is 0 Å². The highest BCUT2D eigenvalue weighted by Crippen LogP contribution is 2.30. The van der Waals surface area contributed by atoms with Gasteiger partial charge in [-0.2, -0.15) is 0 Å². The normalized spacial score (nSPS) is 12.2. The number of hydrogen-bond donors (Lipinski definition) is 1. The van der Waals surface area contributed by atoms with Gasteiger partial charge in [-0.1, -0.05) is 19.9 Å². The second-order valence-corrected chi connectivity index (χ2v) is 4.19. The molecule has 0 spiro atoms. The van der Waals surface area contributed by atoms with E-state index in [-0.39, 0.29) is 6.04 Å². The highest BCUT2D eigenvalue weighted by molar-refractivity contribution is 5.43. The van der Waals surface area contributed by atoms with E-state index in [2.05, 4.69) is 13.8 Å². The summed E-state index contributed by atoms with van der Waals surface area (Å²) in [6.45, 7) is 7.54. The van der Waals surface area contributed by atoms with Crippen LogP contribution in [0.15, 0.2) is 18.2 Å². The molecule has 1 aromatic rings. The largest absolute Gasteiger partial charge is 0.490 e. The average Bonchev–Trinajstić information content (AvgIpc) is 2.34. The molecule has 0 amide bonds. The molecule has 0 bridgehead atoms. The lowest BCUT2D eigenvalue weighted by atomic mass is 10.1. The van der Waals surface area contributed by atoms with E-state index in [4.69, 9.17) is 15.2 Å². The molecule has 1 rings (SSSR count). The van der Waals surface area contributed by atoms with E-state index in [9.17, 15) is 0 Å². The van der Waals surface area contributed by atoms with Crippen LogP contribution < -0.4 is 15.2 Å². The van der Waals surface area contributed by atoms with Crippen LogP contribution in [0, 0.1) is 0 Å². The summed E-state index contributed by atoms with van der Waals surface area (Å²) in [5, 5.41) is 0. The number of hydrogen-bond acceptors (Lipinski definition) is 3. The molecule has 0 aliphatic carbocycles. The van der Waals surface area contributed by atoms with Gasteiger partial charge in [0, 0.05) is 6.04 Å². The Labute approximate surface area is 104 Å². The lowest BCUT2D eigenvalue weighted by Crippen LogP contribution is -2.07. The number of rotatable bonds is 7. The van der Waals surface area contributed by atoms with Crippen LogP contribution >= 0.6 is 0 Å². The molecule has 3 nitrogen and oxygen atoms in total. The van der Waals surface area contributed by atoms with E-state index in [1.165, 1.54) is 0 Å². The van der Waals surface area contributed by atoms with Gasteiger partial charge in [0.15, 0.2) is 11.5 Å². The van der Waals surface area contributed by atoms with Crippen molar-refractivity contribution in [2.45, 2.75) is 39.7 Å². The highest BCUT2D eigenvalue weighted by Gasteiger charge is 2.08. The fourth-order valence-corrected chi connectivity index (χ4v) is 1.46. The first kappa shape index (κ1) is 13.8. The SMILES string of the molecule is CCCOc1ccc([C@@H](C)N)cc1OCCC. The monoisotopic (exact) mass is 237 g/mol. The van der Waals surface area contributed by atoms with Crippen molar-refractivity contribution in [2.75, 3.05) is 13.2 Å². The fourth-order valence-electron chi connectivity index (χ4n) is 1.46. The van der Waals surface area contributed by atoms with Gasteiger partial charge in [-0.05, 0) is 37.5 Å². The zero-order valence-corrected chi connectivity index (χ0v) is 11.0. The van der Waals surface area contributed by atoms with Crippen LogP contribution in [0.25, 0.3) is 0 Å². The van der Waals surface area contributed by atoms with Crippen LogP contribution in [-0.2, 0) is 0 Å². The summed E-state index contributed by atoms with van der Waals surface area (Å²) in [4.78, 5) is 0. The lowest BCUT2D eigenvalue weighted by molar-refractivity contribution is 0.268. The Hall–Kier alpha value is -1.22. The van der Waals surface area contributed by atoms with Gasteiger partial charge in [0.2, 0.25) is 0 Å². The van der Waals surface area contributed by atoms with Crippen LogP contribution in [0.1, 0.15) is 45.2 Å². The van der Waals surface area contributed by atoms with Crippen molar-refractivity contribution < 1.29 is 9.47 Å². The molecule has 0 saturated carbocycles. The molecule has 0 radical (unpaired) electrons. The van der Waals surface area contributed by atoms with Gasteiger partial charge >= 0.3 is 0 Å². The Kier molecular flexibility index (Phi) is 5.84. The fraction of sp³-hybridized carbons (Fsp3) is 0.571. The maximum Gasteiger partial charge on any atom is 0.161 e. The smallest absolute Gasteiger partial charge is 0.161 e. The molecule has 0 aromatic heterocycles. The maximum atomic E-state index is 5.87. The third-order valence-electron chi connectivity index (χ3n) is 2.42. The van der Waals surface area contributed by atoms with E-state index in [0.717, 1.165) is 29.9 Å². The Morgan fingerprint density at radius 2 is 1.65 bits per heavy atom. The molecule has 0 unspecified atom stereocenters. The van der Waals surface area contributed by atoms with Crippen molar-refractivity contribution in [3.05, 3.63) is 23.8 Å². The molecule has 0 fully saturated rings. The molecule has 3 heteroatoms. The first-order chi connectivity index (χ1) is 8.19. The van der Waals surface area contributed by atoms with Crippen LogP contribution in [0.5, 0.6) is 11.5 Å². The molecule has 96 valence electrons. The summed E-state index contributed by atoms with van der Waals surface area (Å²) >= 11 is 0. The zero-order chi connectivity index (χ0) is 12.7. The highest BCUT2D eigenvalue weighted by atomic mass is 16.5. The first-order valence-corrected chi connectivity index (χ1v) is 6.34. The third kappa shape index (κ3) is 4.27. The molecule has 17 heavy (non-hydrogen) atoms. The first-order valence-electron chi connectivity index (χ1n) is 6.34. The van der Waals surface area contributed by atoms with E-state index < -0.39 is 0 Å². The van der Waals surface area contributed by atoms with E-state index in [0.29, 0.717) is 13.2 Å². The predicted molar refractivity (Wildman–Crippen MR) is 70.6 cm³/mol. The van der Waals surface area contributed by atoms with Gasteiger partial charge in [-0.3, -0.25) is 0 Å². The molecule has 2 N–H and O–H groups in total. The molecule has 0 aliphatic rings. The lowest BCUT2D eigenvalue weighted by Gasteiger charge is -2.14. The quantitative estimate of drug-likeness (QED) is 0.791. The minimum atomic E-state index is 0.0131.